The lowest BCUT2D eigenvalue weighted by Crippen LogP contribution is -2.26. The fourth-order valence-electron chi connectivity index (χ4n) is 1.74. The molecule has 21 heavy (non-hydrogen) atoms. The van der Waals surface area contributed by atoms with Crippen LogP contribution in [0.2, 0.25) is 0 Å². The smallest absolute Gasteiger partial charge is 0.271 e. The fourth-order valence-corrected chi connectivity index (χ4v) is 1.74. The molecule has 0 atom stereocenters. The summed E-state index contributed by atoms with van der Waals surface area (Å²) in [5.41, 5.74) is 1.26. The van der Waals surface area contributed by atoms with Gasteiger partial charge in [0.05, 0.1) is 12.4 Å². The van der Waals surface area contributed by atoms with E-state index < -0.39 is 0 Å². The van der Waals surface area contributed by atoms with Crippen LogP contribution in [0.5, 0.6) is 0 Å². The fraction of sp³-hybridized carbons (Fsp3) is 0.312. The molecule has 1 aromatic heterocycles. The Kier molecular flexibility index (Phi) is 5.26. The lowest BCUT2D eigenvalue weighted by Gasteiger charge is -2.07. The quantitative estimate of drug-likeness (QED) is 0.855. The Bertz CT molecular complexity index is 567. The molecule has 0 bridgehead atoms. The monoisotopic (exact) mass is 284 g/mol. The number of rotatable bonds is 6. The summed E-state index contributed by atoms with van der Waals surface area (Å²) in [6.07, 6.45) is 3.99. The molecule has 0 aliphatic heterocycles. The minimum absolute atomic E-state index is 0.186. The highest BCUT2D eigenvalue weighted by Gasteiger charge is 2.07. The van der Waals surface area contributed by atoms with Gasteiger partial charge in [0.2, 0.25) is 0 Å². The number of nitrogens with one attached hydrogen (secondary N) is 2. The maximum Gasteiger partial charge on any atom is 0.271 e. The SMILES string of the molecule is CC(C)CCNC(=O)c1cnc(Nc2ccccc2)cn1. The Labute approximate surface area is 124 Å². The van der Waals surface area contributed by atoms with E-state index >= 15 is 0 Å². The van der Waals surface area contributed by atoms with Gasteiger partial charge in [-0.05, 0) is 24.5 Å². The Hall–Kier alpha value is -2.43. The summed E-state index contributed by atoms with van der Waals surface area (Å²) in [6, 6.07) is 9.70. The van der Waals surface area contributed by atoms with Gasteiger partial charge in [0, 0.05) is 12.2 Å². The summed E-state index contributed by atoms with van der Waals surface area (Å²) < 4.78 is 0. The van der Waals surface area contributed by atoms with Crippen molar-refractivity contribution in [3.05, 3.63) is 48.4 Å². The van der Waals surface area contributed by atoms with Crippen LogP contribution < -0.4 is 10.6 Å². The van der Waals surface area contributed by atoms with E-state index in [0.29, 0.717) is 24.0 Å². The molecule has 5 heteroatoms. The van der Waals surface area contributed by atoms with Crippen LogP contribution in [-0.2, 0) is 0 Å². The van der Waals surface area contributed by atoms with E-state index in [4.69, 9.17) is 0 Å². The predicted octanol–water partition coefficient (Wildman–Crippen LogP) is 3.00. The van der Waals surface area contributed by atoms with Crippen LogP contribution in [-0.4, -0.2) is 22.4 Å². The van der Waals surface area contributed by atoms with Crippen molar-refractivity contribution >= 4 is 17.4 Å². The highest BCUT2D eigenvalue weighted by molar-refractivity contribution is 5.92. The molecule has 0 aliphatic rings. The molecule has 0 saturated heterocycles. The van der Waals surface area contributed by atoms with Crippen molar-refractivity contribution in [3.8, 4) is 0 Å². The second-order valence-corrected chi connectivity index (χ2v) is 5.22. The molecule has 1 heterocycles. The van der Waals surface area contributed by atoms with Crippen LogP contribution in [0.1, 0.15) is 30.8 Å². The number of nitrogens with zero attached hydrogens (tertiary/aromatic N) is 2. The summed E-state index contributed by atoms with van der Waals surface area (Å²) in [6.45, 7) is 4.90. The molecule has 0 unspecified atom stereocenters. The van der Waals surface area contributed by atoms with Gasteiger partial charge in [0.25, 0.3) is 5.91 Å². The highest BCUT2D eigenvalue weighted by atomic mass is 16.1. The van der Waals surface area contributed by atoms with Gasteiger partial charge in [-0.25, -0.2) is 9.97 Å². The van der Waals surface area contributed by atoms with Gasteiger partial charge >= 0.3 is 0 Å². The molecule has 0 saturated carbocycles. The van der Waals surface area contributed by atoms with Crippen LogP contribution in [0.3, 0.4) is 0 Å². The molecule has 0 radical (unpaired) electrons. The lowest BCUT2D eigenvalue weighted by atomic mass is 10.1. The normalized spacial score (nSPS) is 10.4. The maximum absolute atomic E-state index is 11.9. The second kappa shape index (κ2) is 7.38. The second-order valence-electron chi connectivity index (χ2n) is 5.22. The van der Waals surface area contributed by atoms with Crippen LogP contribution in [0, 0.1) is 5.92 Å². The number of aromatic nitrogens is 2. The van der Waals surface area contributed by atoms with Crippen LogP contribution in [0.15, 0.2) is 42.7 Å². The molecule has 110 valence electrons. The van der Waals surface area contributed by atoms with Gasteiger partial charge in [0.15, 0.2) is 0 Å². The minimum Gasteiger partial charge on any atom is -0.351 e. The van der Waals surface area contributed by atoms with Crippen LogP contribution in [0.25, 0.3) is 0 Å². The van der Waals surface area contributed by atoms with E-state index in [9.17, 15) is 4.79 Å². The molecule has 0 spiro atoms. The zero-order chi connectivity index (χ0) is 15.1. The van der Waals surface area contributed by atoms with Crippen LogP contribution >= 0.6 is 0 Å². The van der Waals surface area contributed by atoms with Gasteiger partial charge in [-0.3, -0.25) is 4.79 Å². The van der Waals surface area contributed by atoms with Gasteiger partial charge in [0.1, 0.15) is 11.5 Å². The molecule has 5 nitrogen and oxygen atoms in total. The van der Waals surface area contributed by atoms with Gasteiger partial charge in [-0.2, -0.15) is 0 Å². The number of carbonyl (C=O) groups is 1. The van der Waals surface area contributed by atoms with E-state index in [1.54, 1.807) is 6.20 Å². The number of para-hydroxylation sites is 1. The third-order valence-electron chi connectivity index (χ3n) is 2.94. The first-order valence-electron chi connectivity index (χ1n) is 7.07. The predicted molar refractivity (Wildman–Crippen MR) is 83.5 cm³/mol. The minimum atomic E-state index is -0.186. The molecule has 2 N–H and O–H groups in total. The lowest BCUT2D eigenvalue weighted by molar-refractivity contribution is 0.0946. The number of hydrogen-bond donors (Lipinski definition) is 2. The number of anilines is 2. The van der Waals surface area contributed by atoms with Crippen LogP contribution in [0.4, 0.5) is 11.5 Å². The average Bonchev–Trinajstić information content (AvgIpc) is 2.48. The summed E-state index contributed by atoms with van der Waals surface area (Å²) in [5.74, 6) is 0.989. The summed E-state index contributed by atoms with van der Waals surface area (Å²) in [4.78, 5) is 20.2. The molecule has 0 aliphatic carbocycles. The van der Waals surface area contributed by atoms with E-state index in [1.165, 1.54) is 6.20 Å². The Morgan fingerprint density at radius 1 is 1.14 bits per heavy atom. The van der Waals surface area contributed by atoms with Crippen molar-refractivity contribution in [1.82, 2.24) is 15.3 Å². The van der Waals surface area contributed by atoms with E-state index in [-0.39, 0.29) is 5.91 Å². The first-order valence-corrected chi connectivity index (χ1v) is 7.07. The molecular formula is C16H20N4O. The van der Waals surface area contributed by atoms with Crippen molar-refractivity contribution in [2.24, 2.45) is 5.92 Å². The summed E-state index contributed by atoms with van der Waals surface area (Å²) >= 11 is 0. The molecular weight excluding hydrogens is 264 g/mol. The van der Waals surface area contributed by atoms with E-state index in [1.807, 2.05) is 30.3 Å². The van der Waals surface area contributed by atoms with Crippen molar-refractivity contribution in [2.75, 3.05) is 11.9 Å². The largest absolute Gasteiger partial charge is 0.351 e. The molecule has 0 fully saturated rings. The van der Waals surface area contributed by atoms with Gasteiger partial charge in [-0.1, -0.05) is 32.0 Å². The molecule has 1 aromatic carbocycles. The number of carbonyl (C=O) groups excluding carboxylic acids is 1. The molecule has 2 rings (SSSR count). The Morgan fingerprint density at radius 2 is 1.90 bits per heavy atom. The molecule has 2 aromatic rings. The Balaban J connectivity index is 1.91. The first kappa shape index (κ1) is 15.0. The third kappa shape index (κ3) is 4.87. The van der Waals surface area contributed by atoms with E-state index in [0.717, 1.165) is 12.1 Å². The highest BCUT2D eigenvalue weighted by Crippen LogP contribution is 2.12. The first-order chi connectivity index (χ1) is 10.1. The zero-order valence-electron chi connectivity index (χ0n) is 12.3. The van der Waals surface area contributed by atoms with Gasteiger partial charge in [-0.15, -0.1) is 0 Å². The Morgan fingerprint density at radius 3 is 2.52 bits per heavy atom. The van der Waals surface area contributed by atoms with Crippen molar-refractivity contribution in [3.63, 3.8) is 0 Å². The maximum atomic E-state index is 11.9. The topological polar surface area (TPSA) is 66.9 Å². The summed E-state index contributed by atoms with van der Waals surface area (Å²) in [7, 11) is 0. The van der Waals surface area contributed by atoms with Crippen molar-refractivity contribution < 1.29 is 4.79 Å². The number of hydrogen-bond acceptors (Lipinski definition) is 4. The number of amides is 1. The van der Waals surface area contributed by atoms with Crippen molar-refractivity contribution in [1.29, 1.82) is 0 Å². The third-order valence-corrected chi connectivity index (χ3v) is 2.94. The molecule has 1 amide bonds. The van der Waals surface area contributed by atoms with Gasteiger partial charge < -0.3 is 10.6 Å². The zero-order valence-corrected chi connectivity index (χ0v) is 12.3. The summed E-state index contributed by atoms with van der Waals surface area (Å²) in [5, 5.41) is 5.96. The van der Waals surface area contributed by atoms with Crippen molar-refractivity contribution in [2.45, 2.75) is 20.3 Å². The average molecular weight is 284 g/mol. The van der Waals surface area contributed by atoms with E-state index in [2.05, 4.69) is 34.4 Å². The standard InChI is InChI=1S/C16H20N4O/c1-12(2)8-9-17-16(21)14-10-19-15(11-18-14)20-13-6-4-3-5-7-13/h3-7,10-12H,8-9H2,1-2H3,(H,17,21)(H,19,20). The number of benzene rings is 1.